The molecule has 1 N–H and O–H groups in total. The number of amides is 1. The lowest BCUT2D eigenvalue weighted by molar-refractivity contribution is -0.120. The van der Waals surface area contributed by atoms with Gasteiger partial charge in [0.1, 0.15) is 12.1 Å². The van der Waals surface area contributed by atoms with Crippen molar-refractivity contribution in [1.82, 2.24) is 24.9 Å². The number of carbonyl (C=O) groups excluding carboxylic acids is 1. The number of hydrogen-bond acceptors (Lipinski definition) is 5. The van der Waals surface area contributed by atoms with Crippen molar-refractivity contribution in [1.29, 1.82) is 0 Å². The van der Waals surface area contributed by atoms with Crippen LogP contribution in [0.1, 0.15) is 32.4 Å². The highest BCUT2D eigenvalue weighted by Crippen LogP contribution is 2.21. The number of rotatable bonds is 3. The summed E-state index contributed by atoms with van der Waals surface area (Å²) in [4.78, 5) is 22.6. The van der Waals surface area contributed by atoms with Crippen LogP contribution in [0.15, 0.2) is 12.4 Å². The van der Waals surface area contributed by atoms with Gasteiger partial charge in [-0.05, 0) is 13.3 Å². The lowest BCUT2D eigenvalue weighted by Crippen LogP contribution is -2.36. The molecule has 3 rings (SSSR count). The molecule has 0 aliphatic carbocycles. The lowest BCUT2D eigenvalue weighted by Gasteiger charge is -2.28. The maximum Gasteiger partial charge on any atom is 0.254 e. The van der Waals surface area contributed by atoms with Crippen LogP contribution in [-0.4, -0.2) is 44.6 Å². The van der Waals surface area contributed by atoms with Crippen LogP contribution in [0.4, 0.5) is 5.82 Å². The van der Waals surface area contributed by atoms with Gasteiger partial charge in [-0.25, -0.2) is 4.98 Å². The number of anilines is 1. The summed E-state index contributed by atoms with van der Waals surface area (Å²) < 4.78 is 1.76. The molecule has 0 unspecified atom stereocenters. The average molecular weight is 288 g/mol. The van der Waals surface area contributed by atoms with Crippen LogP contribution in [0.25, 0.3) is 5.78 Å². The molecule has 1 saturated heterocycles. The van der Waals surface area contributed by atoms with Crippen molar-refractivity contribution in [2.75, 3.05) is 18.0 Å². The summed E-state index contributed by atoms with van der Waals surface area (Å²) in [5.41, 5.74) is 1.02. The topological polar surface area (TPSA) is 75.4 Å². The Kier molecular flexibility index (Phi) is 3.72. The number of fused-ring (bicyclic) bond motifs is 1. The Morgan fingerprint density at radius 3 is 3.14 bits per heavy atom. The Labute approximate surface area is 123 Å². The van der Waals surface area contributed by atoms with Gasteiger partial charge in [-0.1, -0.05) is 13.3 Å². The standard InChI is InChI=1S/C14H20N6O/c1-3-4-11-8-13(20-14(18-11)16-9-17-20)19-6-5-15-12(21)7-10(19)2/h8-10H,3-7H2,1-2H3,(H,15,21)/t10-/m0/s1. The molecule has 2 aromatic rings. The monoisotopic (exact) mass is 288 g/mol. The van der Waals surface area contributed by atoms with Crippen molar-refractivity contribution < 1.29 is 4.79 Å². The molecular formula is C14H20N6O. The quantitative estimate of drug-likeness (QED) is 0.904. The van der Waals surface area contributed by atoms with E-state index in [0.29, 0.717) is 18.7 Å². The van der Waals surface area contributed by atoms with Crippen LogP contribution >= 0.6 is 0 Å². The van der Waals surface area contributed by atoms with E-state index in [-0.39, 0.29) is 11.9 Å². The minimum absolute atomic E-state index is 0.0997. The highest BCUT2D eigenvalue weighted by Gasteiger charge is 2.24. The molecule has 0 radical (unpaired) electrons. The minimum Gasteiger partial charge on any atom is -0.354 e. The first-order chi connectivity index (χ1) is 10.2. The summed E-state index contributed by atoms with van der Waals surface area (Å²) in [5, 5.41) is 7.19. The predicted octanol–water partition coefficient (Wildman–Crippen LogP) is 0.792. The average Bonchev–Trinajstić information content (AvgIpc) is 2.84. The van der Waals surface area contributed by atoms with E-state index in [0.717, 1.165) is 30.9 Å². The molecule has 0 saturated carbocycles. The van der Waals surface area contributed by atoms with Gasteiger partial charge in [0, 0.05) is 37.3 Å². The van der Waals surface area contributed by atoms with Crippen molar-refractivity contribution >= 4 is 17.5 Å². The van der Waals surface area contributed by atoms with E-state index >= 15 is 0 Å². The van der Waals surface area contributed by atoms with Gasteiger partial charge in [0.05, 0.1) is 0 Å². The molecule has 1 fully saturated rings. The van der Waals surface area contributed by atoms with Crippen LogP contribution in [0.2, 0.25) is 0 Å². The highest BCUT2D eigenvalue weighted by molar-refractivity contribution is 5.77. The normalized spacial score (nSPS) is 19.6. The van der Waals surface area contributed by atoms with Crippen LogP contribution in [0.5, 0.6) is 0 Å². The Balaban J connectivity index is 2.04. The van der Waals surface area contributed by atoms with Crippen LogP contribution in [0.3, 0.4) is 0 Å². The van der Waals surface area contributed by atoms with E-state index in [2.05, 4.69) is 45.2 Å². The van der Waals surface area contributed by atoms with Gasteiger partial charge in [0.25, 0.3) is 5.78 Å². The third-order valence-corrected chi connectivity index (χ3v) is 3.77. The maximum absolute atomic E-state index is 11.7. The summed E-state index contributed by atoms with van der Waals surface area (Å²) >= 11 is 0. The zero-order valence-corrected chi connectivity index (χ0v) is 12.4. The van der Waals surface area contributed by atoms with Gasteiger partial charge in [-0.3, -0.25) is 4.79 Å². The smallest absolute Gasteiger partial charge is 0.254 e. The van der Waals surface area contributed by atoms with Crippen LogP contribution in [-0.2, 0) is 11.2 Å². The highest BCUT2D eigenvalue weighted by atomic mass is 16.1. The number of nitrogens with zero attached hydrogens (tertiary/aromatic N) is 5. The zero-order valence-electron chi connectivity index (χ0n) is 12.4. The van der Waals surface area contributed by atoms with Gasteiger partial charge < -0.3 is 10.2 Å². The molecule has 0 aromatic carbocycles. The largest absolute Gasteiger partial charge is 0.354 e. The Morgan fingerprint density at radius 2 is 2.33 bits per heavy atom. The van der Waals surface area contributed by atoms with E-state index < -0.39 is 0 Å². The molecule has 1 aliphatic rings. The van der Waals surface area contributed by atoms with Gasteiger partial charge in [-0.15, -0.1) is 0 Å². The number of aryl methyl sites for hydroxylation is 1. The first-order valence-corrected chi connectivity index (χ1v) is 7.42. The fourth-order valence-electron chi connectivity index (χ4n) is 2.76. The first-order valence-electron chi connectivity index (χ1n) is 7.42. The molecule has 112 valence electrons. The van der Waals surface area contributed by atoms with Crippen molar-refractivity contribution in [2.45, 2.75) is 39.2 Å². The van der Waals surface area contributed by atoms with Gasteiger partial charge >= 0.3 is 0 Å². The molecule has 1 aliphatic heterocycles. The molecule has 0 spiro atoms. The maximum atomic E-state index is 11.7. The van der Waals surface area contributed by atoms with E-state index in [4.69, 9.17) is 0 Å². The fourth-order valence-corrected chi connectivity index (χ4v) is 2.76. The van der Waals surface area contributed by atoms with Crippen LogP contribution in [0, 0.1) is 0 Å². The molecule has 3 heterocycles. The number of carbonyl (C=O) groups is 1. The molecule has 7 nitrogen and oxygen atoms in total. The molecule has 1 amide bonds. The Bertz CT molecular complexity index is 652. The second-order valence-electron chi connectivity index (χ2n) is 5.42. The predicted molar refractivity (Wildman–Crippen MR) is 79.2 cm³/mol. The van der Waals surface area contributed by atoms with Crippen molar-refractivity contribution in [2.24, 2.45) is 0 Å². The second-order valence-corrected chi connectivity index (χ2v) is 5.42. The van der Waals surface area contributed by atoms with E-state index in [9.17, 15) is 4.79 Å². The molecule has 0 bridgehead atoms. The first kappa shape index (κ1) is 13.8. The van der Waals surface area contributed by atoms with Gasteiger partial charge in [0.2, 0.25) is 5.91 Å². The summed E-state index contributed by atoms with van der Waals surface area (Å²) in [7, 11) is 0. The van der Waals surface area contributed by atoms with Gasteiger partial charge in [-0.2, -0.15) is 14.6 Å². The summed E-state index contributed by atoms with van der Waals surface area (Å²) in [5.74, 6) is 1.68. The van der Waals surface area contributed by atoms with Crippen molar-refractivity contribution in [3.63, 3.8) is 0 Å². The molecule has 1 atom stereocenters. The van der Waals surface area contributed by atoms with Crippen molar-refractivity contribution in [3.8, 4) is 0 Å². The molecular weight excluding hydrogens is 268 g/mol. The fraction of sp³-hybridized carbons (Fsp3) is 0.571. The van der Waals surface area contributed by atoms with E-state index in [1.165, 1.54) is 6.33 Å². The van der Waals surface area contributed by atoms with Crippen LogP contribution < -0.4 is 10.2 Å². The van der Waals surface area contributed by atoms with E-state index in [1.807, 2.05) is 0 Å². The summed E-state index contributed by atoms with van der Waals surface area (Å²) in [6.45, 7) is 5.60. The molecule has 7 heteroatoms. The molecule has 2 aromatic heterocycles. The van der Waals surface area contributed by atoms with Crippen molar-refractivity contribution in [3.05, 3.63) is 18.1 Å². The Hall–Kier alpha value is -2.18. The molecule has 21 heavy (non-hydrogen) atoms. The number of hydrogen-bond donors (Lipinski definition) is 1. The van der Waals surface area contributed by atoms with E-state index in [1.54, 1.807) is 4.52 Å². The Morgan fingerprint density at radius 1 is 1.48 bits per heavy atom. The third kappa shape index (κ3) is 2.68. The third-order valence-electron chi connectivity index (χ3n) is 3.77. The summed E-state index contributed by atoms with van der Waals surface area (Å²) in [6.07, 6.45) is 3.96. The SMILES string of the molecule is CCCc1cc(N2CCNC(=O)C[C@@H]2C)n2ncnc2n1. The number of aromatic nitrogens is 4. The lowest BCUT2D eigenvalue weighted by atomic mass is 10.2. The zero-order chi connectivity index (χ0) is 14.8. The van der Waals surface area contributed by atoms with Gasteiger partial charge in [0.15, 0.2) is 0 Å². The minimum atomic E-state index is 0.0997. The summed E-state index contributed by atoms with van der Waals surface area (Å²) in [6, 6.07) is 2.19. The second kappa shape index (κ2) is 5.67. The number of nitrogens with one attached hydrogen (secondary N) is 1.